The van der Waals surface area contributed by atoms with Gasteiger partial charge < -0.3 is 5.32 Å². The first kappa shape index (κ1) is 17.5. The number of sulfonamides is 1. The minimum atomic E-state index is -3.57. The van der Waals surface area contributed by atoms with E-state index in [1.807, 2.05) is 0 Å². The molecule has 0 aromatic heterocycles. The summed E-state index contributed by atoms with van der Waals surface area (Å²) in [6.07, 6.45) is 2.77. The number of halogens is 2. The van der Waals surface area contributed by atoms with E-state index in [0.29, 0.717) is 13.1 Å². The molecule has 0 saturated carbocycles. The number of hydrogen-bond acceptors (Lipinski definition) is 3. The van der Waals surface area contributed by atoms with Crippen molar-refractivity contribution in [3.63, 3.8) is 0 Å². The number of rotatable bonds is 4. The molecular weight excluding hydrogens is 347 g/mol. The third-order valence-electron chi connectivity index (χ3n) is 3.51. The predicted molar refractivity (Wildman–Crippen MR) is 88.0 cm³/mol. The van der Waals surface area contributed by atoms with E-state index in [2.05, 4.69) is 5.32 Å². The van der Waals surface area contributed by atoms with Gasteiger partial charge in [-0.1, -0.05) is 18.0 Å². The number of hydrogen-bond donors (Lipinski definition) is 1. The third kappa shape index (κ3) is 3.93. The second kappa shape index (κ2) is 7.17. The van der Waals surface area contributed by atoms with Crippen molar-refractivity contribution >= 4 is 44.8 Å². The van der Waals surface area contributed by atoms with Crippen molar-refractivity contribution < 1.29 is 13.2 Å². The second-order valence-corrected chi connectivity index (χ2v) is 8.21. The molecule has 1 saturated heterocycles. The zero-order valence-electron chi connectivity index (χ0n) is 12.2. The van der Waals surface area contributed by atoms with Gasteiger partial charge in [0.25, 0.3) is 0 Å². The number of carbonyl (C=O) groups excluding carboxylic acids is 1. The van der Waals surface area contributed by atoms with Gasteiger partial charge in [0.15, 0.2) is 0 Å². The summed E-state index contributed by atoms with van der Waals surface area (Å²) in [5.74, 6) is -0.434. The molecule has 1 N–H and O–H groups in total. The summed E-state index contributed by atoms with van der Waals surface area (Å²) >= 11 is 11.7. The van der Waals surface area contributed by atoms with Crippen LogP contribution < -0.4 is 5.32 Å². The minimum absolute atomic E-state index is 0.122. The van der Waals surface area contributed by atoms with Crippen LogP contribution in [-0.2, 0) is 14.8 Å². The van der Waals surface area contributed by atoms with Gasteiger partial charge in [-0.05, 0) is 38.0 Å². The molecule has 5 nitrogen and oxygen atoms in total. The van der Waals surface area contributed by atoms with E-state index < -0.39 is 21.3 Å². The Morgan fingerprint density at radius 1 is 1.27 bits per heavy atom. The van der Waals surface area contributed by atoms with Crippen LogP contribution in [0.3, 0.4) is 0 Å². The Labute approximate surface area is 140 Å². The van der Waals surface area contributed by atoms with Crippen molar-refractivity contribution in [2.24, 2.45) is 0 Å². The molecule has 2 rings (SSSR count). The molecule has 8 heteroatoms. The van der Waals surface area contributed by atoms with Crippen LogP contribution in [0.5, 0.6) is 0 Å². The normalized spacial score (nSPS) is 18.0. The topological polar surface area (TPSA) is 66.5 Å². The monoisotopic (exact) mass is 364 g/mol. The van der Waals surface area contributed by atoms with E-state index in [9.17, 15) is 13.2 Å². The highest BCUT2D eigenvalue weighted by atomic mass is 35.5. The molecule has 1 unspecified atom stereocenters. The summed E-state index contributed by atoms with van der Waals surface area (Å²) in [4.78, 5) is 11.8. The van der Waals surface area contributed by atoms with Crippen molar-refractivity contribution in [2.75, 3.05) is 18.4 Å². The summed E-state index contributed by atoms with van der Waals surface area (Å²) < 4.78 is 26.7. The van der Waals surface area contributed by atoms with Gasteiger partial charge in [0.1, 0.15) is 5.38 Å². The van der Waals surface area contributed by atoms with Crippen LogP contribution in [-0.4, -0.2) is 37.1 Å². The van der Waals surface area contributed by atoms with E-state index >= 15 is 0 Å². The molecule has 1 heterocycles. The molecule has 1 amide bonds. The van der Waals surface area contributed by atoms with Gasteiger partial charge in [-0.3, -0.25) is 4.79 Å². The van der Waals surface area contributed by atoms with Crippen LogP contribution in [0.15, 0.2) is 23.1 Å². The van der Waals surface area contributed by atoms with Gasteiger partial charge in [-0.15, -0.1) is 11.6 Å². The zero-order valence-corrected chi connectivity index (χ0v) is 14.5. The minimum Gasteiger partial charge on any atom is -0.323 e. The Morgan fingerprint density at radius 2 is 1.91 bits per heavy atom. The Balaban J connectivity index is 2.30. The second-order valence-electron chi connectivity index (χ2n) is 5.21. The highest BCUT2D eigenvalue weighted by molar-refractivity contribution is 7.89. The summed E-state index contributed by atoms with van der Waals surface area (Å²) in [5.41, 5.74) is 0.247. The van der Waals surface area contributed by atoms with Crippen molar-refractivity contribution in [1.29, 1.82) is 0 Å². The molecule has 1 aliphatic heterocycles. The molecular formula is C14H18Cl2N2O3S. The van der Waals surface area contributed by atoms with Crippen LogP contribution in [0.4, 0.5) is 5.69 Å². The molecule has 1 aliphatic rings. The van der Waals surface area contributed by atoms with Crippen molar-refractivity contribution in [2.45, 2.75) is 36.5 Å². The lowest BCUT2D eigenvalue weighted by molar-refractivity contribution is -0.115. The standard InChI is InChI=1S/C14H18Cl2N2O3S/c1-10(15)14(19)17-13-9-11(5-6-12(13)16)22(20,21)18-7-3-2-4-8-18/h5-6,9-10H,2-4,7-8H2,1H3,(H,17,19). The Hall–Kier alpha value is -0.820. The van der Waals surface area contributed by atoms with Gasteiger partial charge in [0, 0.05) is 13.1 Å². The van der Waals surface area contributed by atoms with Gasteiger partial charge in [-0.2, -0.15) is 4.31 Å². The average molecular weight is 365 g/mol. The number of nitrogens with one attached hydrogen (secondary N) is 1. The fourth-order valence-electron chi connectivity index (χ4n) is 2.25. The first-order valence-electron chi connectivity index (χ1n) is 7.07. The number of benzene rings is 1. The van der Waals surface area contributed by atoms with E-state index in [0.717, 1.165) is 19.3 Å². The van der Waals surface area contributed by atoms with Crippen LogP contribution >= 0.6 is 23.2 Å². The Kier molecular flexibility index (Phi) is 5.71. The molecule has 0 radical (unpaired) electrons. The number of nitrogens with zero attached hydrogens (tertiary/aromatic N) is 1. The maximum absolute atomic E-state index is 12.6. The SMILES string of the molecule is CC(Cl)C(=O)Nc1cc(S(=O)(=O)N2CCCCC2)ccc1Cl. The van der Waals surface area contributed by atoms with Crippen LogP contribution in [0.25, 0.3) is 0 Å². The van der Waals surface area contributed by atoms with E-state index in [1.165, 1.54) is 29.4 Å². The summed E-state index contributed by atoms with van der Waals surface area (Å²) in [6, 6.07) is 4.29. The number of anilines is 1. The van der Waals surface area contributed by atoms with Crippen molar-refractivity contribution in [3.05, 3.63) is 23.2 Å². The summed E-state index contributed by atoms with van der Waals surface area (Å²) in [7, 11) is -3.57. The highest BCUT2D eigenvalue weighted by Gasteiger charge is 2.26. The largest absolute Gasteiger partial charge is 0.323 e. The summed E-state index contributed by atoms with van der Waals surface area (Å²) in [6.45, 7) is 2.57. The summed E-state index contributed by atoms with van der Waals surface area (Å²) in [5, 5.41) is 2.07. The maximum Gasteiger partial charge on any atom is 0.243 e. The number of alkyl halides is 1. The van der Waals surface area contributed by atoms with Gasteiger partial charge >= 0.3 is 0 Å². The molecule has 1 fully saturated rings. The lowest BCUT2D eigenvalue weighted by Crippen LogP contribution is -2.35. The number of amides is 1. The van der Waals surface area contributed by atoms with Crippen molar-refractivity contribution in [1.82, 2.24) is 4.31 Å². The molecule has 122 valence electrons. The van der Waals surface area contributed by atoms with Crippen LogP contribution in [0.2, 0.25) is 5.02 Å². The maximum atomic E-state index is 12.6. The van der Waals surface area contributed by atoms with Crippen LogP contribution in [0.1, 0.15) is 26.2 Å². The number of carbonyl (C=O) groups is 1. The van der Waals surface area contributed by atoms with Gasteiger partial charge in [-0.25, -0.2) is 8.42 Å². The lowest BCUT2D eigenvalue weighted by Gasteiger charge is -2.26. The quantitative estimate of drug-likeness (QED) is 0.834. The fourth-order valence-corrected chi connectivity index (χ4v) is 4.01. The molecule has 22 heavy (non-hydrogen) atoms. The Bertz CT molecular complexity index is 656. The fraction of sp³-hybridized carbons (Fsp3) is 0.500. The molecule has 0 bridgehead atoms. The molecule has 0 aliphatic carbocycles. The van der Waals surface area contributed by atoms with Gasteiger partial charge in [0.05, 0.1) is 15.6 Å². The van der Waals surface area contributed by atoms with E-state index in [-0.39, 0.29) is 15.6 Å². The smallest absolute Gasteiger partial charge is 0.243 e. The average Bonchev–Trinajstić information content (AvgIpc) is 2.50. The first-order valence-corrected chi connectivity index (χ1v) is 9.32. The molecule has 1 aromatic rings. The van der Waals surface area contributed by atoms with Gasteiger partial charge in [0.2, 0.25) is 15.9 Å². The number of piperidine rings is 1. The predicted octanol–water partition coefficient (Wildman–Crippen LogP) is 3.08. The molecule has 1 aromatic carbocycles. The lowest BCUT2D eigenvalue weighted by atomic mass is 10.2. The van der Waals surface area contributed by atoms with Crippen LogP contribution in [0, 0.1) is 0 Å². The first-order chi connectivity index (χ1) is 10.3. The van der Waals surface area contributed by atoms with Crippen molar-refractivity contribution in [3.8, 4) is 0 Å². The van der Waals surface area contributed by atoms with E-state index in [1.54, 1.807) is 0 Å². The van der Waals surface area contributed by atoms with E-state index in [4.69, 9.17) is 23.2 Å². The Morgan fingerprint density at radius 3 is 2.50 bits per heavy atom. The molecule has 1 atom stereocenters. The zero-order chi connectivity index (χ0) is 16.3. The third-order valence-corrected chi connectivity index (χ3v) is 5.93. The highest BCUT2D eigenvalue weighted by Crippen LogP contribution is 2.28. The molecule has 0 spiro atoms.